The van der Waals surface area contributed by atoms with Gasteiger partial charge in [-0.2, -0.15) is 0 Å². The lowest BCUT2D eigenvalue weighted by Gasteiger charge is -2.47. The van der Waals surface area contributed by atoms with E-state index in [2.05, 4.69) is 53.1 Å². The average Bonchev–Trinajstić information content (AvgIpc) is 3.55. The third kappa shape index (κ3) is 10.2. The molecule has 9 rings (SSSR count). The molecule has 392 valence electrons. The largest absolute Gasteiger partial charge is 0.493 e. The van der Waals surface area contributed by atoms with Crippen LogP contribution in [0.4, 0.5) is 21.0 Å². The summed E-state index contributed by atoms with van der Waals surface area (Å²) in [6, 6.07) is 28.2. The van der Waals surface area contributed by atoms with Gasteiger partial charge in [0.1, 0.15) is 26.4 Å². The highest BCUT2D eigenvalue weighted by Crippen LogP contribution is 2.46. The molecule has 0 saturated carbocycles. The zero-order valence-corrected chi connectivity index (χ0v) is 44.5. The van der Waals surface area contributed by atoms with Crippen LogP contribution in [0.15, 0.2) is 122 Å². The molecule has 16 nitrogen and oxygen atoms in total. The lowest BCUT2D eigenvalue weighted by atomic mass is 9.93. The summed E-state index contributed by atoms with van der Waals surface area (Å²) in [5.41, 5.74) is 6.19. The summed E-state index contributed by atoms with van der Waals surface area (Å²) in [5.74, 6) is 0.309. The maximum atomic E-state index is 15.0. The van der Waals surface area contributed by atoms with Crippen molar-refractivity contribution >= 4 is 43.7 Å². The Bertz CT molecular complexity index is 3040. The van der Waals surface area contributed by atoms with Crippen molar-refractivity contribution in [2.24, 2.45) is 0 Å². The first kappa shape index (κ1) is 52.3. The molecule has 5 aromatic rings. The first-order chi connectivity index (χ1) is 36.0. The molecule has 0 saturated heterocycles. The van der Waals surface area contributed by atoms with Crippen LogP contribution in [0.3, 0.4) is 0 Å². The molecule has 4 atom stereocenters. The first-order valence-electron chi connectivity index (χ1n) is 25.0. The Morgan fingerprint density at radius 3 is 1.57 bits per heavy atom. The van der Waals surface area contributed by atoms with Gasteiger partial charge in [0.2, 0.25) is 0 Å². The molecule has 0 aliphatic carbocycles. The minimum Gasteiger partial charge on any atom is -0.493 e. The maximum absolute atomic E-state index is 15.0. The highest BCUT2D eigenvalue weighted by Gasteiger charge is 2.51. The number of aliphatic hydroxyl groups is 1. The molecule has 0 fully saturated rings. The number of anilines is 2. The molecule has 4 aliphatic heterocycles. The SMILES string of the molecule is C=CCOC(=O)N1c2cc(OCc3cccc(COc4cc5c(cc4OC)C(=O)N4Cc6ccccc6C[C@H]4C(O[Si](C)(C)C(C)(C)C)N5C(=O)OCC=C)c3)c(OC)cc2C(=O)N2Cc3ccccc3C[C@H]2C1O. The van der Waals surface area contributed by atoms with Gasteiger partial charge in [-0.05, 0) is 82.6 Å². The molecule has 4 heterocycles. The Balaban J connectivity index is 1.01. The Kier molecular flexibility index (Phi) is 14.9. The number of fused-ring (bicyclic) bond motifs is 6. The molecular formula is C58H64N4O12Si. The van der Waals surface area contributed by atoms with Gasteiger partial charge in [-0.1, -0.05) is 113 Å². The third-order valence-corrected chi connectivity index (χ3v) is 19.3. The Hall–Kier alpha value is -7.60. The van der Waals surface area contributed by atoms with E-state index >= 15 is 0 Å². The second-order valence-corrected chi connectivity index (χ2v) is 25.3. The number of benzene rings is 5. The van der Waals surface area contributed by atoms with Gasteiger partial charge in [0.25, 0.3) is 11.8 Å². The quantitative estimate of drug-likeness (QED) is 0.0828. The standard InChI is InChI=1S/C58H64N4O12Si/c1-10-23-70-56(66)61-44-30-50(48(68-6)28-42(44)52(63)59-32-40-21-14-12-19-38(40)26-46(59)54(61)65)72-34-36-17-16-18-37(25-36)35-73-51-31-45-43(29-49(51)69-7)53(64)60-33-41-22-15-13-20-39(41)27-47(60)55(62(45)57(67)71-24-11-2)74-75(8,9)58(3,4)5/h10-22,25,28-31,46-47,54-55,65H,1-2,23-24,26-27,32-35H2,3-9H3/t46-,47-,54?,55?/m0/s1. The van der Waals surface area contributed by atoms with Crippen molar-refractivity contribution in [3.8, 4) is 23.0 Å². The number of ether oxygens (including phenoxy) is 6. The number of nitrogens with zero attached hydrogens (tertiary/aromatic N) is 4. The van der Waals surface area contributed by atoms with Gasteiger partial charge in [0, 0.05) is 25.2 Å². The van der Waals surface area contributed by atoms with Crippen LogP contribution in [0.5, 0.6) is 23.0 Å². The molecule has 0 bridgehead atoms. The summed E-state index contributed by atoms with van der Waals surface area (Å²) in [4.78, 5) is 63.7. The van der Waals surface area contributed by atoms with Gasteiger partial charge in [-0.15, -0.1) is 0 Å². The molecule has 0 spiro atoms. The van der Waals surface area contributed by atoms with Crippen molar-refractivity contribution in [3.63, 3.8) is 0 Å². The number of carbonyl (C=O) groups is 4. The fourth-order valence-corrected chi connectivity index (χ4v) is 11.1. The molecule has 0 aromatic heterocycles. The normalized spacial score (nSPS) is 18.9. The van der Waals surface area contributed by atoms with E-state index in [1.165, 1.54) is 43.4 Å². The van der Waals surface area contributed by atoms with E-state index in [0.29, 0.717) is 19.4 Å². The van der Waals surface area contributed by atoms with Crippen LogP contribution in [-0.2, 0) is 53.0 Å². The maximum Gasteiger partial charge on any atom is 0.416 e. The summed E-state index contributed by atoms with van der Waals surface area (Å²) in [7, 11) is 0.305. The van der Waals surface area contributed by atoms with Crippen LogP contribution in [0.1, 0.15) is 74.9 Å². The second-order valence-electron chi connectivity index (χ2n) is 20.5. The van der Waals surface area contributed by atoms with Crippen molar-refractivity contribution in [3.05, 3.63) is 167 Å². The first-order valence-corrected chi connectivity index (χ1v) is 27.9. The molecular weight excluding hydrogens is 973 g/mol. The number of rotatable bonds is 14. The summed E-state index contributed by atoms with van der Waals surface area (Å²) in [6.45, 7) is 18.5. The lowest BCUT2D eigenvalue weighted by Crippen LogP contribution is -2.60. The fourth-order valence-electron chi connectivity index (χ4n) is 9.93. The van der Waals surface area contributed by atoms with Crippen LogP contribution in [0.2, 0.25) is 18.1 Å². The lowest BCUT2D eigenvalue weighted by molar-refractivity contribution is 0.0299. The summed E-state index contributed by atoms with van der Waals surface area (Å²) >= 11 is 0. The van der Waals surface area contributed by atoms with E-state index < -0.39 is 45.0 Å². The number of hydrogen-bond donors (Lipinski definition) is 1. The van der Waals surface area contributed by atoms with Crippen molar-refractivity contribution in [1.29, 1.82) is 0 Å². The van der Waals surface area contributed by atoms with Crippen molar-refractivity contribution in [1.82, 2.24) is 9.80 Å². The summed E-state index contributed by atoms with van der Waals surface area (Å²) in [5, 5.41) is 11.7. The average molecular weight is 1040 g/mol. The highest BCUT2D eigenvalue weighted by atomic mass is 28.4. The second kappa shape index (κ2) is 21.3. The van der Waals surface area contributed by atoms with Crippen LogP contribution >= 0.6 is 0 Å². The number of methoxy groups -OCH3 is 2. The van der Waals surface area contributed by atoms with E-state index in [4.69, 9.17) is 32.8 Å². The Morgan fingerprint density at radius 1 is 0.640 bits per heavy atom. The molecule has 5 aromatic carbocycles. The fraction of sp³-hybridized carbons (Fsp3) is 0.345. The highest BCUT2D eigenvalue weighted by molar-refractivity contribution is 6.74. The topological polar surface area (TPSA) is 166 Å². The third-order valence-electron chi connectivity index (χ3n) is 14.9. The van der Waals surface area contributed by atoms with E-state index in [0.717, 1.165) is 38.3 Å². The van der Waals surface area contributed by atoms with Gasteiger partial charge in [-0.3, -0.25) is 9.59 Å². The zero-order chi connectivity index (χ0) is 53.3. The number of aliphatic hydroxyl groups excluding tert-OH is 1. The van der Waals surface area contributed by atoms with E-state index in [-0.39, 0.29) is 95.3 Å². The van der Waals surface area contributed by atoms with Gasteiger partial charge in [0.05, 0.1) is 48.8 Å². The van der Waals surface area contributed by atoms with Crippen molar-refractivity contribution in [2.45, 2.75) is 103 Å². The molecule has 0 radical (unpaired) electrons. The molecule has 1 N–H and O–H groups in total. The number of hydrogen-bond acceptors (Lipinski definition) is 12. The molecule has 2 unspecified atom stereocenters. The molecule has 17 heteroatoms. The Labute approximate surface area is 438 Å². The van der Waals surface area contributed by atoms with Crippen LogP contribution < -0.4 is 28.7 Å². The van der Waals surface area contributed by atoms with E-state index in [1.807, 2.05) is 66.7 Å². The minimum atomic E-state index is -2.65. The van der Waals surface area contributed by atoms with Crippen LogP contribution in [0, 0.1) is 0 Å². The smallest absolute Gasteiger partial charge is 0.416 e. The zero-order valence-electron chi connectivity index (χ0n) is 43.5. The number of amides is 4. The van der Waals surface area contributed by atoms with E-state index in [1.54, 1.807) is 21.9 Å². The van der Waals surface area contributed by atoms with Gasteiger partial charge < -0.3 is 47.8 Å². The van der Waals surface area contributed by atoms with Crippen molar-refractivity contribution in [2.75, 3.05) is 37.2 Å². The Morgan fingerprint density at radius 2 is 1.09 bits per heavy atom. The van der Waals surface area contributed by atoms with Gasteiger partial charge >= 0.3 is 12.2 Å². The summed E-state index contributed by atoms with van der Waals surface area (Å²) in [6.07, 6.45) is -0.287. The van der Waals surface area contributed by atoms with E-state index in [9.17, 15) is 24.3 Å². The van der Waals surface area contributed by atoms with Gasteiger partial charge in [-0.25, -0.2) is 19.4 Å². The van der Waals surface area contributed by atoms with Crippen LogP contribution in [-0.4, -0.2) is 99.2 Å². The predicted octanol–water partition coefficient (Wildman–Crippen LogP) is 9.95. The summed E-state index contributed by atoms with van der Waals surface area (Å²) < 4.78 is 43.1. The molecule has 4 aliphatic rings. The molecule has 75 heavy (non-hydrogen) atoms. The van der Waals surface area contributed by atoms with Crippen molar-refractivity contribution < 1.29 is 57.1 Å². The predicted molar refractivity (Wildman–Crippen MR) is 285 cm³/mol. The number of carbonyl (C=O) groups excluding carboxylic acids is 4. The molecule has 4 amide bonds. The van der Waals surface area contributed by atoms with Crippen LogP contribution in [0.25, 0.3) is 0 Å². The monoisotopic (exact) mass is 1040 g/mol. The minimum absolute atomic E-state index is 0.0215. The van der Waals surface area contributed by atoms with Gasteiger partial charge in [0.15, 0.2) is 43.8 Å².